The number of halogens is 2. The molecule has 2 nitrogen and oxygen atoms in total. The monoisotopic (exact) mass is 316 g/mol. The zero-order valence-corrected chi connectivity index (χ0v) is 14.6. The second-order valence-corrected chi connectivity index (χ2v) is 7.23. The van der Waals surface area contributed by atoms with Gasteiger partial charge in [0.15, 0.2) is 0 Å². The van der Waals surface area contributed by atoms with Crippen LogP contribution in [0, 0.1) is 5.41 Å². The van der Waals surface area contributed by atoms with Crippen molar-refractivity contribution in [2.75, 3.05) is 27.2 Å². The lowest BCUT2D eigenvalue weighted by molar-refractivity contribution is 0.224. The molecule has 1 N–H and O–H groups in total. The predicted molar refractivity (Wildman–Crippen MR) is 89.8 cm³/mol. The summed E-state index contributed by atoms with van der Waals surface area (Å²) in [5.41, 5.74) is 1.43. The van der Waals surface area contributed by atoms with E-state index in [0.29, 0.717) is 16.1 Å². The molecule has 0 aliphatic carbocycles. The van der Waals surface area contributed by atoms with Gasteiger partial charge in [-0.1, -0.05) is 50.0 Å². The van der Waals surface area contributed by atoms with Crippen LogP contribution in [-0.2, 0) is 0 Å². The maximum absolute atomic E-state index is 6.11. The summed E-state index contributed by atoms with van der Waals surface area (Å²) in [6, 6.07) is 6.19. The van der Waals surface area contributed by atoms with Crippen molar-refractivity contribution in [3.8, 4) is 0 Å². The molecule has 0 aliphatic heterocycles. The molecule has 1 aromatic carbocycles. The van der Waals surface area contributed by atoms with Crippen molar-refractivity contribution in [2.45, 2.75) is 33.2 Å². The highest BCUT2D eigenvalue weighted by Gasteiger charge is 2.21. The molecule has 0 fully saturated rings. The second-order valence-electron chi connectivity index (χ2n) is 6.42. The van der Waals surface area contributed by atoms with Gasteiger partial charge < -0.3 is 10.2 Å². The Morgan fingerprint density at radius 3 is 2.35 bits per heavy atom. The van der Waals surface area contributed by atoms with Gasteiger partial charge in [-0.15, -0.1) is 0 Å². The van der Waals surface area contributed by atoms with E-state index in [-0.39, 0.29) is 5.41 Å². The zero-order valence-electron chi connectivity index (χ0n) is 13.1. The molecule has 4 heteroatoms. The van der Waals surface area contributed by atoms with Gasteiger partial charge in [-0.25, -0.2) is 0 Å². The van der Waals surface area contributed by atoms with Crippen LogP contribution >= 0.6 is 23.2 Å². The summed E-state index contributed by atoms with van der Waals surface area (Å²) < 4.78 is 0. The van der Waals surface area contributed by atoms with E-state index in [0.717, 1.165) is 19.5 Å². The first-order chi connectivity index (χ1) is 9.25. The number of benzene rings is 1. The smallest absolute Gasteiger partial charge is 0.0595 e. The maximum Gasteiger partial charge on any atom is 0.0595 e. The van der Waals surface area contributed by atoms with Gasteiger partial charge in [0.2, 0.25) is 0 Å². The van der Waals surface area contributed by atoms with E-state index in [2.05, 4.69) is 45.1 Å². The fourth-order valence-electron chi connectivity index (χ4n) is 2.54. The van der Waals surface area contributed by atoms with Crippen molar-refractivity contribution in [1.29, 1.82) is 0 Å². The summed E-state index contributed by atoms with van der Waals surface area (Å²) in [5, 5.41) is 4.88. The van der Waals surface area contributed by atoms with E-state index in [1.54, 1.807) is 0 Å². The predicted octanol–water partition coefficient (Wildman–Crippen LogP) is 4.62. The Kier molecular flexibility index (Phi) is 6.80. The zero-order chi connectivity index (χ0) is 15.3. The van der Waals surface area contributed by atoms with E-state index in [1.165, 1.54) is 5.56 Å². The molecule has 0 amide bonds. The van der Waals surface area contributed by atoms with Crippen LogP contribution < -0.4 is 5.32 Å². The SMILES string of the molecule is CCC(NCC(C)(C)CN(C)C)c1ccc(Cl)c(Cl)c1. The average molecular weight is 317 g/mol. The molecule has 0 saturated carbocycles. The van der Waals surface area contributed by atoms with Crippen LogP contribution in [0.5, 0.6) is 0 Å². The van der Waals surface area contributed by atoms with Crippen LogP contribution in [0.15, 0.2) is 18.2 Å². The minimum atomic E-state index is 0.229. The van der Waals surface area contributed by atoms with Crippen LogP contribution in [0.4, 0.5) is 0 Å². The number of rotatable bonds is 7. The Hall–Kier alpha value is -0.280. The summed E-state index contributed by atoms with van der Waals surface area (Å²) in [5.74, 6) is 0. The summed E-state index contributed by atoms with van der Waals surface area (Å²) >= 11 is 12.1. The molecular formula is C16H26Cl2N2. The molecule has 1 unspecified atom stereocenters. The van der Waals surface area contributed by atoms with E-state index in [1.807, 2.05) is 18.2 Å². The molecular weight excluding hydrogens is 291 g/mol. The quantitative estimate of drug-likeness (QED) is 0.789. The van der Waals surface area contributed by atoms with Crippen LogP contribution in [0.3, 0.4) is 0 Å². The summed E-state index contributed by atoms with van der Waals surface area (Å²) in [7, 11) is 4.22. The summed E-state index contributed by atoms with van der Waals surface area (Å²) in [4.78, 5) is 2.22. The van der Waals surface area contributed by atoms with Crippen molar-refractivity contribution >= 4 is 23.2 Å². The van der Waals surface area contributed by atoms with Gasteiger partial charge in [-0.2, -0.15) is 0 Å². The molecule has 0 aromatic heterocycles. The third kappa shape index (κ3) is 5.61. The lowest BCUT2D eigenvalue weighted by Gasteiger charge is -2.31. The van der Waals surface area contributed by atoms with Gasteiger partial charge in [-0.05, 0) is 43.6 Å². The second kappa shape index (κ2) is 7.65. The highest BCUT2D eigenvalue weighted by molar-refractivity contribution is 6.42. The largest absolute Gasteiger partial charge is 0.309 e. The highest BCUT2D eigenvalue weighted by atomic mass is 35.5. The van der Waals surface area contributed by atoms with E-state index in [9.17, 15) is 0 Å². The van der Waals surface area contributed by atoms with Gasteiger partial charge in [0.1, 0.15) is 0 Å². The molecule has 0 radical (unpaired) electrons. The average Bonchev–Trinajstić information content (AvgIpc) is 2.32. The first kappa shape index (κ1) is 17.8. The Balaban J connectivity index is 2.70. The van der Waals surface area contributed by atoms with Gasteiger partial charge in [0, 0.05) is 19.1 Å². The number of nitrogens with zero attached hydrogens (tertiary/aromatic N) is 1. The van der Waals surface area contributed by atoms with E-state index < -0.39 is 0 Å². The van der Waals surface area contributed by atoms with Crippen molar-refractivity contribution in [1.82, 2.24) is 10.2 Å². The molecule has 0 aliphatic rings. The van der Waals surface area contributed by atoms with E-state index >= 15 is 0 Å². The summed E-state index contributed by atoms with van der Waals surface area (Å²) in [6.07, 6.45) is 1.02. The lowest BCUT2D eigenvalue weighted by atomic mass is 9.92. The Bertz CT molecular complexity index is 430. The number of hydrogen-bond acceptors (Lipinski definition) is 2. The molecule has 114 valence electrons. The fraction of sp³-hybridized carbons (Fsp3) is 0.625. The molecule has 0 saturated heterocycles. The Labute approximate surface area is 133 Å². The van der Waals surface area contributed by atoms with Crippen molar-refractivity contribution in [3.63, 3.8) is 0 Å². The van der Waals surface area contributed by atoms with Crippen LogP contribution in [-0.4, -0.2) is 32.1 Å². The van der Waals surface area contributed by atoms with Gasteiger partial charge in [-0.3, -0.25) is 0 Å². The molecule has 0 spiro atoms. The van der Waals surface area contributed by atoms with Gasteiger partial charge in [0.05, 0.1) is 10.0 Å². The third-order valence-electron chi connectivity index (χ3n) is 3.33. The number of hydrogen-bond donors (Lipinski definition) is 1. The minimum Gasteiger partial charge on any atom is -0.309 e. The first-order valence-corrected chi connectivity index (χ1v) is 7.84. The van der Waals surface area contributed by atoms with Gasteiger partial charge in [0.25, 0.3) is 0 Å². The van der Waals surface area contributed by atoms with Crippen LogP contribution in [0.1, 0.15) is 38.8 Å². The highest BCUT2D eigenvalue weighted by Crippen LogP contribution is 2.27. The molecule has 0 heterocycles. The molecule has 20 heavy (non-hydrogen) atoms. The van der Waals surface area contributed by atoms with Crippen LogP contribution in [0.25, 0.3) is 0 Å². The Morgan fingerprint density at radius 1 is 1.20 bits per heavy atom. The van der Waals surface area contributed by atoms with Crippen LogP contribution in [0.2, 0.25) is 10.0 Å². The third-order valence-corrected chi connectivity index (χ3v) is 4.06. The molecule has 0 bridgehead atoms. The normalized spacial score (nSPS) is 13.8. The minimum absolute atomic E-state index is 0.229. The van der Waals surface area contributed by atoms with Crippen molar-refractivity contribution in [3.05, 3.63) is 33.8 Å². The van der Waals surface area contributed by atoms with Crippen molar-refractivity contribution < 1.29 is 0 Å². The maximum atomic E-state index is 6.11. The topological polar surface area (TPSA) is 15.3 Å². The molecule has 1 aromatic rings. The molecule has 1 atom stereocenters. The first-order valence-electron chi connectivity index (χ1n) is 7.08. The van der Waals surface area contributed by atoms with Gasteiger partial charge >= 0.3 is 0 Å². The Morgan fingerprint density at radius 2 is 1.85 bits per heavy atom. The lowest BCUT2D eigenvalue weighted by Crippen LogP contribution is -2.38. The fourth-order valence-corrected chi connectivity index (χ4v) is 2.85. The molecule has 1 rings (SSSR count). The van der Waals surface area contributed by atoms with Crippen molar-refractivity contribution in [2.24, 2.45) is 5.41 Å². The standard InChI is InChI=1S/C16H26Cl2N2/c1-6-15(12-7-8-13(17)14(18)9-12)19-10-16(2,3)11-20(4)5/h7-9,15,19H,6,10-11H2,1-5H3. The summed E-state index contributed by atoms with van der Waals surface area (Å²) in [6.45, 7) is 8.75. The van der Waals surface area contributed by atoms with E-state index in [4.69, 9.17) is 23.2 Å². The number of nitrogens with one attached hydrogen (secondary N) is 1.